The van der Waals surface area contributed by atoms with Crippen LogP contribution < -0.4 is 14.5 Å². The normalized spacial score (nSPS) is 15.7. The number of nitrogens with zero attached hydrogens (tertiary/aromatic N) is 3. The summed E-state index contributed by atoms with van der Waals surface area (Å²) < 4.78 is 45.1. The van der Waals surface area contributed by atoms with Gasteiger partial charge in [-0.05, 0) is 55.7 Å². The molecule has 2 heterocycles. The predicted octanol–water partition coefficient (Wildman–Crippen LogP) is 6.05. The van der Waals surface area contributed by atoms with Crippen LogP contribution in [0, 0.1) is 6.92 Å². The molecule has 1 unspecified atom stereocenters. The number of methoxy groups -OCH3 is 1. The second-order valence-electron chi connectivity index (χ2n) is 8.97. The zero-order chi connectivity index (χ0) is 25.2. The van der Waals surface area contributed by atoms with Crippen LogP contribution in [-0.4, -0.2) is 41.7 Å². The van der Waals surface area contributed by atoms with E-state index in [1.807, 2.05) is 18.2 Å². The van der Waals surface area contributed by atoms with Crippen molar-refractivity contribution in [2.24, 2.45) is 0 Å². The number of benzene rings is 2. The SMILES string of the molecule is COc1ccncc1N(c1ccc(C(C)(F)F)cc1)C1CCN(c2ccc(S(C)=O)cc2C)CC1. The van der Waals surface area contributed by atoms with E-state index in [2.05, 4.69) is 27.8 Å². The van der Waals surface area contributed by atoms with Crippen LogP contribution >= 0.6 is 0 Å². The molecular weight excluding hydrogens is 468 g/mol. The molecule has 1 aromatic heterocycles. The summed E-state index contributed by atoms with van der Waals surface area (Å²) in [5.74, 6) is -2.20. The van der Waals surface area contributed by atoms with Gasteiger partial charge < -0.3 is 14.5 Å². The first kappa shape index (κ1) is 25.1. The lowest BCUT2D eigenvalue weighted by Crippen LogP contribution is -2.43. The Balaban J connectivity index is 1.61. The maximum atomic E-state index is 13.8. The van der Waals surface area contributed by atoms with Gasteiger partial charge in [-0.1, -0.05) is 12.1 Å². The maximum Gasteiger partial charge on any atom is 0.270 e. The van der Waals surface area contributed by atoms with Gasteiger partial charge in [-0.25, -0.2) is 8.78 Å². The Kier molecular flexibility index (Phi) is 7.40. The van der Waals surface area contributed by atoms with Gasteiger partial charge in [0.1, 0.15) is 11.4 Å². The molecule has 0 amide bonds. The fourth-order valence-electron chi connectivity index (χ4n) is 4.71. The van der Waals surface area contributed by atoms with Crippen molar-refractivity contribution >= 4 is 27.9 Å². The Morgan fingerprint density at radius 3 is 2.37 bits per heavy atom. The van der Waals surface area contributed by atoms with Crippen LogP contribution in [0.25, 0.3) is 0 Å². The first-order chi connectivity index (χ1) is 16.7. The van der Waals surface area contributed by atoms with E-state index < -0.39 is 16.7 Å². The lowest BCUT2D eigenvalue weighted by Gasteiger charge is -2.41. The number of hydrogen-bond donors (Lipinski definition) is 0. The van der Waals surface area contributed by atoms with Gasteiger partial charge in [0.25, 0.3) is 5.92 Å². The Morgan fingerprint density at radius 1 is 1.11 bits per heavy atom. The van der Waals surface area contributed by atoms with E-state index in [9.17, 15) is 13.0 Å². The highest BCUT2D eigenvalue weighted by Gasteiger charge is 2.30. The number of ether oxygens (including phenoxy) is 1. The van der Waals surface area contributed by atoms with Gasteiger partial charge in [0.05, 0.1) is 13.3 Å². The Morgan fingerprint density at radius 2 is 1.80 bits per heavy atom. The van der Waals surface area contributed by atoms with Gasteiger partial charge in [-0.3, -0.25) is 9.19 Å². The Labute approximate surface area is 208 Å². The number of rotatable bonds is 7. The number of hydrogen-bond acceptors (Lipinski definition) is 5. The summed E-state index contributed by atoms with van der Waals surface area (Å²) in [6, 6.07) is 14.4. The summed E-state index contributed by atoms with van der Waals surface area (Å²) >= 11 is 0. The molecular formula is C27H31F2N3O2S. The molecule has 186 valence electrons. The quantitative estimate of drug-likeness (QED) is 0.396. The van der Waals surface area contributed by atoms with Gasteiger partial charge in [0.2, 0.25) is 0 Å². The molecule has 1 saturated heterocycles. The zero-order valence-corrected chi connectivity index (χ0v) is 21.3. The first-order valence-corrected chi connectivity index (χ1v) is 13.2. The lowest BCUT2D eigenvalue weighted by atomic mass is 9.99. The average Bonchev–Trinajstić information content (AvgIpc) is 2.85. The van der Waals surface area contributed by atoms with Gasteiger partial charge in [0, 0.05) is 77.2 Å². The molecule has 0 N–H and O–H groups in total. The van der Waals surface area contributed by atoms with Crippen LogP contribution in [0.2, 0.25) is 0 Å². The predicted molar refractivity (Wildman–Crippen MR) is 138 cm³/mol. The third-order valence-electron chi connectivity index (χ3n) is 6.56. The topological polar surface area (TPSA) is 45.7 Å². The average molecular weight is 500 g/mol. The first-order valence-electron chi connectivity index (χ1n) is 11.6. The minimum atomic E-state index is -2.89. The summed E-state index contributed by atoms with van der Waals surface area (Å²) in [6.07, 6.45) is 6.87. The highest BCUT2D eigenvalue weighted by atomic mass is 32.2. The van der Waals surface area contributed by atoms with Crippen molar-refractivity contribution in [3.8, 4) is 5.75 Å². The molecule has 0 spiro atoms. The molecule has 1 atom stereocenters. The van der Waals surface area contributed by atoms with Crippen LogP contribution in [0.1, 0.15) is 30.9 Å². The second kappa shape index (κ2) is 10.3. The number of anilines is 3. The van der Waals surface area contributed by atoms with Crippen LogP contribution in [-0.2, 0) is 16.7 Å². The molecule has 5 nitrogen and oxygen atoms in total. The minimum absolute atomic E-state index is 0.0129. The van der Waals surface area contributed by atoms with E-state index in [1.54, 1.807) is 37.9 Å². The van der Waals surface area contributed by atoms with Gasteiger partial charge in [-0.15, -0.1) is 0 Å². The number of aromatic nitrogens is 1. The maximum absolute atomic E-state index is 13.8. The standard InChI is InChI=1S/C27H31F2N3O2S/c1-19-17-23(35(4)33)9-10-24(19)31-15-12-22(13-16-31)32(25-18-30-14-11-26(25)34-3)21-7-5-20(6-8-21)27(2,28)29/h5-11,14,17-18,22H,12-13,15-16H2,1-4H3. The third-order valence-corrected chi connectivity index (χ3v) is 7.48. The van der Waals surface area contributed by atoms with Crippen molar-refractivity contribution in [2.75, 3.05) is 36.3 Å². The zero-order valence-electron chi connectivity index (χ0n) is 20.5. The monoisotopic (exact) mass is 499 g/mol. The van der Waals surface area contributed by atoms with Crippen molar-refractivity contribution < 1.29 is 17.7 Å². The number of piperidine rings is 1. The molecule has 1 aliphatic rings. The molecule has 8 heteroatoms. The molecule has 1 fully saturated rings. The summed E-state index contributed by atoms with van der Waals surface area (Å²) in [5, 5.41) is 0. The van der Waals surface area contributed by atoms with Crippen molar-refractivity contribution in [1.29, 1.82) is 0 Å². The molecule has 1 aliphatic heterocycles. The Bertz CT molecular complexity index is 1190. The number of aryl methyl sites for hydroxylation is 1. The summed E-state index contributed by atoms with van der Waals surface area (Å²) in [7, 11) is 0.614. The number of pyridine rings is 1. The molecule has 0 saturated carbocycles. The van der Waals surface area contributed by atoms with Crippen LogP contribution in [0.3, 0.4) is 0 Å². The largest absolute Gasteiger partial charge is 0.494 e. The molecule has 3 aromatic rings. The number of alkyl halides is 2. The smallest absolute Gasteiger partial charge is 0.270 e. The van der Waals surface area contributed by atoms with E-state index in [-0.39, 0.29) is 11.6 Å². The van der Waals surface area contributed by atoms with Crippen LogP contribution in [0.5, 0.6) is 5.75 Å². The van der Waals surface area contributed by atoms with Crippen molar-refractivity contribution in [3.63, 3.8) is 0 Å². The van der Waals surface area contributed by atoms with Crippen molar-refractivity contribution in [3.05, 3.63) is 72.1 Å². The van der Waals surface area contributed by atoms with Crippen molar-refractivity contribution in [1.82, 2.24) is 4.98 Å². The third kappa shape index (κ3) is 5.48. The fraction of sp³-hybridized carbons (Fsp3) is 0.370. The highest BCUT2D eigenvalue weighted by molar-refractivity contribution is 7.84. The molecule has 0 bridgehead atoms. The summed E-state index contributed by atoms with van der Waals surface area (Å²) in [5.41, 5.74) is 3.89. The van der Waals surface area contributed by atoms with Crippen molar-refractivity contribution in [2.45, 2.75) is 43.5 Å². The molecule has 0 aliphatic carbocycles. The van der Waals surface area contributed by atoms with Crippen LogP contribution in [0.15, 0.2) is 65.8 Å². The van der Waals surface area contributed by atoms with Gasteiger partial charge in [-0.2, -0.15) is 0 Å². The van der Waals surface area contributed by atoms with Crippen LogP contribution in [0.4, 0.5) is 25.8 Å². The van der Waals surface area contributed by atoms with E-state index in [0.29, 0.717) is 5.75 Å². The molecule has 0 radical (unpaired) electrons. The molecule has 35 heavy (non-hydrogen) atoms. The van der Waals surface area contributed by atoms with Gasteiger partial charge in [0.15, 0.2) is 0 Å². The van der Waals surface area contributed by atoms with Gasteiger partial charge >= 0.3 is 0 Å². The summed E-state index contributed by atoms with van der Waals surface area (Å²) in [6.45, 7) is 4.64. The fourth-order valence-corrected chi connectivity index (χ4v) is 5.32. The van der Waals surface area contributed by atoms with E-state index >= 15 is 0 Å². The van der Waals surface area contributed by atoms with E-state index in [4.69, 9.17) is 4.74 Å². The minimum Gasteiger partial charge on any atom is -0.494 e. The summed E-state index contributed by atoms with van der Waals surface area (Å²) in [4.78, 5) is 9.66. The van der Waals surface area contributed by atoms with E-state index in [1.165, 1.54) is 12.1 Å². The lowest BCUT2D eigenvalue weighted by molar-refractivity contribution is 0.0175. The van der Waals surface area contributed by atoms with E-state index in [0.717, 1.165) is 60.4 Å². The second-order valence-corrected chi connectivity index (χ2v) is 10.4. The molecule has 2 aromatic carbocycles. The highest BCUT2D eigenvalue weighted by Crippen LogP contribution is 2.39. The number of halogens is 2. The molecule has 4 rings (SSSR count). The Hall–Kier alpha value is -3.00.